The first-order chi connectivity index (χ1) is 11.4. The van der Waals surface area contributed by atoms with Crippen LogP contribution in [-0.4, -0.2) is 42.5 Å². The van der Waals surface area contributed by atoms with Crippen molar-refractivity contribution in [2.75, 3.05) is 20.2 Å². The first-order valence-electron chi connectivity index (χ1n) is 7.95. The Bertz CT molecular complexity index is 612. The molecule has 0 aliphatic carbocycles. The van der Waals surface area contributed by atoms with Gasteiger partial charge in [-0.1, -0.05) is 13.8 Å². The van der Waals surface area contributed by atoms with E-state index in [9.17, 15) is 18.4 Å². The van der Waals surface area contributed by atoms with E-state index in [0.29, 0.717) is 24.9 Å². The van der Waals surface area contributed by atoms with E-state index in [0.717, 1.165) is 6.07 Å². The van der Waals surface area contributed by atoms with Crippen molar-refractivity contribution < 1.29 is 23.1 Å². The monoisotopic (exact) mass is 340 g/mol. The molecule has 5 nitrogen and oxygen atoms in total. The van der Waals surface area contributed by atoms with Crippen LogP contribution in [0.4, 0.5) is 8.78 Å². The summed E-state index contributed by atoms with van der Waals surface area (Å²) in [4.78, 5) is 26.1. The molecule has 0 unspecified atom stereocenters. The predicted molar refractivity (Wildman–Crippen MR) is 84.1 cm³/mol. The second kappa shape index (κ2) is 7.25. The summed E-state index contributed by atoms with van der Waals surface area (Å²) < 4.78 is 31.8. The van der Waals surface area contributed by atoms with E-state index in [1.165, 1.54) is 24.1 Å². The number of ether oxygens (including phenoxy) is 1. The van der Waals surface area contributed by atoms with Crippen molar-refractivity contribution in [3.05, 3.63) is 35.4 Å². The molecule has 0 aromatic heterocycles. The van der Waals surface area contributed by atoms with Crippen LogP contribution in [0.1, 0.15) is 38.3 Å². The minimum absolute atomic E-state index is 0.262. The molecule has 1 fully saturated rings. The van der Waals surface area contributed by atoms with Crippen molar-refractivity contribution in [1.82, 2.24) is 10.2 Å². The van der Waals surface area contributed by atoms with Crippen molar-refractivity contribution in [2.45, 2.75) is 38.3 Å². The van der Waals surface area contributed by atoms with E-state index in [-0.39, 0.29) is 12.5 Å². The molecular weight excluding hydrogens is 318 g/mol. The quantitative estimate of drug-likeness (QED) is 0.835. The molecule has 1 atom stereocenters. The maximum absolute atomic E-state index is 13.6. The summed E-state index contributed by atoms with van der Waals surface area (Å²) in [5.74, 6) is -2.29. The van der Waals surface area contributed by atoms with Crippen LogP contribution in [0.3, 0.4) is 0 Å². The Kier molecular flexibility index (Phi) is 5.54. The van der Waals surface area contributed by atoms with Gasteiger partial charge in [0.2, 0.25) is 5.91 Å². The van der Waals surface area contributed by atoms with Crippen LogP contribution in [0.15, 0.2) is 18.2 Å². The number of hydrogen-bond donors (Lipinski definition) is 1. The van der Waals surface area contributed by atoms with Gasteiger partial charge >= 0.3 is 5.97 Å². The molecule has 1 aliphatic rings. The van der Waals surface area contributed by atoms with Gasteiger partial charge in [0.1, 0.15) is 18.2 Å². The fourth-order valence-electron chi connectivity index (χ4n) is 3.15. The number of rotatable bonds is 5. The largest absolute Gasteiger partial charge is 0.468 e. The van der Waals surface area contributed by atoms with Gasteiger partial charge < -0.3 is 15.0 Å². The first kappa shape index (κ1) is 18.3. The third-order valence-electron chi connectivity index (χ3n) is 4.68. The summed E-state index contributed by atoms with van der Waals surface area (Å²) in [6.45, 7) is 3.80. The van der Waals surface area contributed by atoms with Crippen LogP contribution in [0.2, 0.25) is 0 Å². The van der Waals surface area contributed by atoms with Gasteiger partial charge in [-0.15, -0.1) is 0 Å². The Balaban J connectivity index is 2.42. The van der Waals surface area contributed by atoms with Crippen LogP contribution >= 0.6 is 0 Å². The van der Waals surface area contributed by atoms with Gasteiger partial charge in [-0.2, -0.15) is 0 Å². The van der Waals surface area contributed by atoms with E-state index in [1.54, 1.807) is 0 Å². The molecule has 132 valence electrons. The number of amides is 1. The van der Waals surface area contributed by atoms with E-state index in [2.05, 4.69) is 10.1 Å². The van der Waals surface area contributed by atoms with E-state index in [4.69, 9.17) is 0 Å². The Morgan fingerprint density at radius 1 is 1.29 bits per heavy atom. The molecule has 2 rings (SSSR count). The zero-order valence-electron chi connectivity index (χ0n) is 14.1. The highest BCUT2D eigenvalue weighted by Crippen LogP contribution is 2.32. The van der Waals surface area contributed by atoms with Crippen LogP contribution < -0.4 is 5.32 Å². The third-order valence-corrected chi connectivity index (χ3v) is 4.68. The summed E-state index contributed by atoms with van der Waals surface area (Å²) in [5.41, 5.74) is -0.478. The zero-order valence-corrected chi connectivity index (χ0v) is 14.1. The predicted octanol–water partition coefficient (Wildman–Crippen LogP) is 2.17. The minimum atomic E-state index is -0.781. The number of methoxy groups -OCH3 is 1. The summed E-state index contributed by atoms with van der Waals surface area (Å²) in [6, 6.07) is 2.48. The number of nitrogens with zero attached hydrogens (tertiary/aromatic N) is 1. The fraction of sp³-hybridized carbons (Fsp3) is 0.529. The van der Waals surface area contributed by atoms with Crippen molar-refractivity contribution in [3.8, 4) is 0 Å². The number of piperazine rings is 1. The fourth-order valence-corrected chi connectivity index (χ4v) is 3.15. The molecule has 1 aromatic rings. The Morgan fingerprint density at radius 3 is 2.38 bits per heavy atom. The second-order valence-corrected chi connectivity index (χ2v) is 5.90. The maximum atomic E-state index is 13.6. The summed E-state index contributed by atoms with van der Waals surface area (Å²) >= 11 is 0. The lowest BCUT2D eigenvalue weighted by Gasteiger charge is -2.46. The van der Waals surface area contributed by atoms with Crippen LogP contribution in [0.25, 0.3) is 0 Å². The molecule has 1 heterocycles. The summed E-state index contributed by atoms with van der Waals surface area (Å²) in [7, 11) is 1.23. The van der Waals surface area contributed by atoms with E-state index in [1.807, 2.05) is 13.8 Å². The van der Waals surface area contributed by atoms with Gasteiger partial charge in [0.25, 0.3) is 0 Å². The van der Waals surface area contributed by atoms with Crippen LogP contribution in [-0.2, 0) is 14.3 Å². The maximum Gasteiger partial charge on any atom is 0.325 e. The number of carbonyl (C=O) groups excluding carboxylic acids is 2. The van der Waals surface area contributed by atoms with E-state index >= 15 is 0 Å². The van der Waals surface area contributed by atoms with E-state index < -0.39 is 29.2 Å². The van der Waals surface area contributed by atoms with Crippen molar-refractivity contribution in [3.63, 3.8) is 0 Å². The third kappa shape index (κ3) is 3.40. The first-order valence-corrected chi connectivity index (χ1v) is 7.95. The number of nitrogens with one attached hydrogen (secondary N) is 1. The Morgan fingerprint density at radius 2 is 1.88 bits per heavy atom. The molecule has 1 saturated heterocycles. The lowest BCUT2D eigenvalue weighted by atomic mass is 9.86. The summed E-state index contributed by atoms with van der Waals surface area (Å²) in [6.07, 6.45) is 1.09. The second-order valence-electron chi connectivity index (χ2n) is 5.90. The molecule has 0 bridgehead atoms. The lowest BCUT2D eigenvalue weighted by Crippen LogP contribution is -2.65. The highest BCUT2D eigenvalue weighted by Gasteiger charge is 2.45. The number of esters is 1. The van der Waals surface area contributed by atoms with Gasteiger partial charge in [-0.25, -0.2) is 8.78 Å². The smallest absolute Gasteiger partial charge is 0.325 e. The Hall–Kier alpha value is -2.02. The zero-order chi connectivity index (χ0) is 17.9. The number of carbonyl (C=O) groups is 2. The highest BCUT2D eigenvalue weighted by atomic mass is 19.1. The summed E-state index contributed by atoms with van der Waals surface area (Å²) in [5, 5.41) is 3.20. The van der Waals surface area contributed by atoms with Crippen LogP contribution in [0.5, 0.6) is 0 Å². The molecule has 1 amide bonds. The standard InChI is InChI=1S/C17H22F2N2O3/c1-4-17(5-2)16(23)21(10-15(22)24-3)14(9-20-17)11-6-12(18)8-13(19)7-11/h6-8,14,20H,4-5,9-10H2,1-3H3/t14-/m0/s1. The van der Waals surface area contributed by atoms with Gasteiger partial charge in [0, 0.05) is 12.6 Å². The molecule has 0 spiro atoms. The molecule has 24 heavy (non-hydrogen) atoms. The normalized spacial score (nSPS) is 20.1. The number of benzene rings is 1. The SMILES string of the molecule is CCC1(CC)NC[C@@H](c2cc(F)cc(F)c2)N(CC(=O)OC)C1=O. The Labute approximate surface area is 140 Å². The number of halogens is 2. The topological polar surface area (TPSA) is 58.6 Å². The highest BCUT2D eigenvalue weighted by molar-refractivity contribution is 5.90. The molecule has 1 aromatic carbocycles. The van der Waals surface area contributed by atoms with Crippen molar-refractivity contribution >= 4 is 11.9 Å². The molecular formula is C17H22F2N2O3. The van der Waals surface area contributed by atoms with Gasteiger partial charge in [0.15, 0.2) is 0 Å². The molecule has 1 aliphatic heterocycles. The van der Waals surface area contributed by atoms with Crippen molar-refractivity contribution in [1.29, 1.82) is 0 Å². The molecule has 0 radical (unpaired) electrons. The van der Waals surface area contributed by atoms with Gasteiger partial charge in [-0.05, 0) is 30.5 Å². The minimum Gasteiger partial charge on any atom is -0.468 e. The van der Waals surface area contributed by atoms with Crippen molar-refractivity contribution in [2.24, 2.45) is 0 Å². The average molecular weight is 340 g/mol. The number of hydrogen-bond acceptors (Lipinski definition) is 4. The lowest BCUT2D eigenvalue weighted by molar-refractivity contribution is -0.155. The van der Waals surface area contributed by atoms with Gasteiger partial charge in [-0.3, -0.25) is 9.59 Å². The van der Waals surface area contributed by atoms with Gasteiger partial charge in [0.05, 0.1) is 18.7 Å². The average Bonchev–Trinajstić information content (AvgIpc) is 2.56. The van der Waals surface area contributed by atoms with Crippen LogP contribution in [0, 0.1) is 11.6 Å². The molecule has 0 saturated carbocycles. The molecule has 1 N–H and O–H groups in total. The molecule has 7 heteroatoms.